The van der Waals surface area contributed by atoms with E-state index < -0.39 is 5.97 Å². The van der Waals surface area contributed by atoms with Gasteiger partial charge in [0.2, 0.25) is 5.91 Å². The molecule has 0 heterocycles. The summed E-state index contributed by atoms with van der Waals surface area (Å²) in [4.78, 5) is 23.3. The number of nitrogens with one attached hydrogen (secondary N) is 1. The monoisotopic (exact) mass is 321 g/mol. The number of carboxylic acids is 1. The van der Waals surface area contributed by atoms with Gasteiger partial charge in [0.25, 0.3) is 0 Å². The van der Waals surface area contributed by atoms with Crippen molar-refractivity contribution in [2.45, 2.75) is 6.42 Å². The van der Waals surface area contributed by atoms with Gasteiger partial charge < -0.3 is 15.5 Å². The van der Waals surface area contributed by atoms with Crippen LogP contribution in [-0.4, -0.2) is 22.1 Å². The molecular weight excluding hydrogens is 306 g/mol. The number of phenolic OH excluding ortho intramolecular Hbond substituents is 1. The average Bonchev–Trinajstić information content (AvgIpc) is 2.57. The molecule has 120 valence electrons. The lowest BCUT2D eigenvalue weighted by atomic mass is 10.0. The number of aromatic carboxylic acids is 1. The maximum absolute atomic E-state index is 12.3. The molecule has 0 spiro atoms. The standard InChI is InChI=1S/C19H15NO4/c21-17-9-8-14(19(23)24)10-16(17)20-18(22)11-13-6-3-5-12-4-1-2-7-15(12)13/h1-10,21H,11H2,(H,20,22)(H,23,24). The van der Waals surface area contributed by atoms with Crippen molar-refractivity contribution in [1.82, 2.24) is 0 Å². The Labute approximate surface area is 138 Å². The molecule has 1 amide bonds. The average molecular weight is 321 g/mol. The first kappa shape index (κ1) is 15.6. The third-order valence-corrected chi connectivity index (χ3v) is 3.75. The third-order valence-electron chi connectivity index (χ3n) is 3.75. The molecule has 0 saturated heterocycles. The highest BCUT2D eigenvalue weighted by molar-refractivity contribution is 5.98. The van der Waals surface area contributed by atoms with Gasteiger partial charge in [-0.1, -0.05) is 42.5 Å². The summed E-state index contributed by atoms with van der Waals surface area (Å²) >= 11 is 0. The van der Waals surface area contributed by atoms with Crippen molar-refractivity contribution < 1.29 is 19.8 Å². The summed E-state index contributed by atoms with van der Waals surface area (Å²) in [5.41, 5.74) is 0.938. The van der Waals surface area contributed by atoms with E-state index in [2.05, 4.69) is 5.32 Å². The van der Waals surface area contributed by atoms with Gasteiger partial charge in [-0.05, 0) is 34.5 Å². The summed E-state index contributed by atoms with van der Waals surface area (Å²) in [6.45, 7) is 0. The summed E-state index contributed by atoms with van der Waals surface area (Å²) in [5.74, 6) is -1.63. The van der Waals surface area contributed by atoms with Crippen LogP contribution in [0.3, 0.4) is 0 Å². The highest BCUT2D eigenvalue weighted by Gasteiger charge is 2.12. The van der Waals surface area contributed by atoms with Crippen LogP contribution in [0.2, 0.25) is 0 Å². The Morgan fingerprint density at radius 1 is 0.958 bits per heavy atom. The molecule has 24 heavy (non-hydrogen) atoms. The van der Waals surface area contributed by atoms with Gasteiger partial charge in [0.15, 0.2) is 0 Å². The fourth-order valence-electron chi connectivity index (χ4n) is 2.58. The lowest BCUT2D eigenvalue weighted by molar-refractivity contribution is -0.115. The van der Waals surface area contributed by atoms with Crippen LogP contribution >= 0.6 is 0 Å². The molecule has 0 aliphatic rings. The Morgan fingerprint density at radius 2 is 1.71 bits per heavy atom. The summed E-state index contributed by atoms with van der Waals surface area (Å²) in [6, 6.07) is 17.2. The fraction of sp³-hybridized carbons (Fsp3) is 0.0526. The van der Waals surface area contributed by atoms with Gasteiger partial charge in [-0.3, -0.25) is 4.79 Å². The van der Waals surface area contributed by atoms with Crippen LogP contribution in [0, 0.1) is 0 Å². The van der Waals surface area contributed by atoms with E-state index in [4.69, 9.17) is 5.11 Å². The normalized spacial score (nSPS) is 10.5. The van der Waals surface area contributed by atoms with Crippen molar-refractivity contribution in [1.29, 1.82) is 0 Å². The number of rotatable bonds is 4. The minimum Gasteiger partial charge on any atom is -0.506 e. The molecule has 0 aliphatic heterocycles. The maximum Gasteiger partial charge on any atom is 0.335 e. The van der Waals surface area contributed by atoms with E-state index in [1.165, 1.54) is 18.2 Å². The first-order valence-corrected chi connectivity index (χ1v) is 7.37. The quantitative estimate of drug-likeness (QED) is 0.643. The van der Waals surface area contributed by atoms with E-state index in [0.29, 0.717) is 0 Å². The van der Waals surface area contributed by atoms with Crippen LogP contribution in [0.1, 0.15) is 15.9 Å². The number of anilines is 1. The first-order valence-electron chi connectivity index (χ1n) is 7.37. The second kappa shape index (κ2) is 6.42. The molecule has 3 rings (SSSR count). The Kier molecular flexibility index (Phi) is 4.16. The van der Waals surface area contributed by atoms with E-state index in [1.54, 1.807) is 0 Å². The van der Waals surface area contributed by atoms with Crippen LogP contribution in [0.5, 0.6) is 5.75 Å². The molecule has 0 radical (unpaired) electrons. The van der Waals surface area contributed by atoms with Crippen molar-refractivity contribution in [3.8, 4) is 5.75 Å². The molecule has 0 fully saturated rings. The van der Waals surface area contributed by atoms with Gasteiger partial charge in [0.05, 0.1) is 17.7 Å². The first-order chi connectivity index (χ1) is 11.5. The number of amides is 1. The van der Waals surface area contributed by atoms with Gasteiger partial charge in [-0.25, -0.2) is 4.79 Å². The number of hydrogen-bond donors (Lipinski definition) is 3. The van der Waals surface area contributed by atoms with E-state index in [1.807, 2.05) is 42.5 Å². The van der Waals surface area contributed by atoms with Crippen molar-refractivity contribution in [2.24, 2.45) is 0 Å². The topological polar surface area (TPSA) is 86.6 Å². The highest BCUT2D eigenvalue weighted by atomic mass is 16.4. The number of phenols is 1. The van der Waals surface area contributed by atoms with E-state index in [-0.39, 0.29) is 29.3 Å². The van der Waals surface area contributed by atoms with E-state index in [0.717, 1.165) is 16.3 Å². The van der Waals surface area contributed by atoms with Crippen LogP contribution in [0.15, 0.2) is 60.7 Å². The Hall–Kier alpha value is -3.34. The molecule has 0 aromatic heterocycles. The largest absolute Gasteiger partial charge is 0.506 e. The number of aromatic hydroxyl groups is 1. The predicted octanol–water partition coefficient (Wildman–Crippen LogP) is 3.42. The Balaban J connectivity index is 1.83. The zero-order valence-electron chi connectivity index (χ0n) is 12.7. The number of carbonyl (C=O) groups excluding carboxylic acids is 1. The zero-order valence-corrected chi connectivity index (χ0v) is 12.7. The zero-order chi connectivity index (χ0) is 17.1. The van der Waals surface area contributed by atoms with E-state index >= 15 is 0 Å². The number of fused-ring (bicyclic) bond motifs is 1. The second-order valence-corrected chi connectivity index (χ2v) is 5.40. The van der Waals surface area contributed by atoms with Crippen LogP contribution in [0.4, 0.5) is 5.69 Å². The van der Waals surface area contributed by atoms with Gasteiger partial charge >= 0.3 is 5.97 Å². The van der Waals surface area contributed by atoms with Gasteiger partial charge in [0, 0.05) is 0 Å². The maximum atomic E-state index is 12.3. The SMILES string of the molecule is O=C(Cc1cccc2ccccc12)Nc1cc(C(=O)O)ccc1O. The molecule has 3 aromatic rings. The summed E-state index contributed by atoms with van der Waals surface area (Å²) in [6.07, 6.45) is 0.123. The predicted molar refractivity (Wildman–Crippen MR) is 91.3 cm³/mol. The van der Waals surface area contributed by atoms with Gasteiger partial charge in [-0.2, -0.15) is 0 Å². The summed E-state index contributed by atoms with van der Waals surface area (Å²) in [5, 5.41) is 23.4. The Morgan fingerprint density at radius 3 is 2.50 bits per heavy atom. The highest BCUT2D eigenvalue weighted by Crippen LogP contribution is 2.25. The minimum absolute atomic E-state index is 0.00624. The summed E-state index contributed by atoms with van der Waals surface area (Å²) < 4.78 is 0. The lowest BCUT2D eigenvalue weighted by Crippen LogP contribution is -2.15. The lowest BCUT2D eigenvalue weighted by Gasteiger charge is -2.10. The summed E-state index contributed by atoms with van der Waals surface area (Å²) in [7, 11) is 0. The van der Waals surface area contributed by atoms with E-state index in [9.17, 15) is 14.7 Å². The van der Waals surface area contributed by atoms with Crippen LogP contribution < -0.4 is 5.32 Å². The molecule has 3 N–H and O–H groups in total. The number of hydrogen-bond acceptors (Lipinski definition) is 3. The smallest absolute Gasteiger partial charge is 0.335 e. The Bertz CT molecular complexity index is 928. The molecule has 0 unspecified atom stereocenters. The molecule has 5 nitrogen and oxygen atoms in total. The van der Waals surface area contributed by atoms with Crippen molar-refractivity contribution in [3.05, 3.63) is 71.8 Å². The molecule has 0 atom stereocenters. The number of carbonyl (C=O) groups is 2. The molecule has 0 saturated carbocycles. The fourth-order valence-corrected chi connectivity index (χ4v) is 2.58. The molecule has 3 aromatic carbocycles. The number of carboxylic acid groups (broad SMARTS) is 1. The van der Waals surface area contributed by atoms with Crippen molar-refractivity contribution in [2.75, 3.05) is 5.32 Å². The van der Waals surface area contributed by atoms with Gasteiger partial charge in [0.1, 0.15) is 5.75 Å². The molecular formula is C19H15NO4. The minimum atomic E-state index is -1.13. The molecule has 0 aliphatic carbocycles. The van der Waals surface area contributed by atoms with Gasteiger partial charge in [-0.15, -0.1) is 0 Å². The van der Waals surface area contributed by atoms with Crippen LogP contribution in [0.25, 0.3) is 10.8 Å². The number of benzene rings is 3. The molecule has 0 bridgehead atoms. The van der Waals surface area contributed by atoms with Crippen molar-refractivity contribution in [3.63, 3.8) is 0 Å². The van der Waals surface area contributed by atoms with Crippen LogP contribution in [-0.2, 0) is 11.2 Å². The third kappa shape index (κ3) is 3.20. The van der Waals surface area contributed by atoms with Crippen molar-refractivity contribution >= 4 is 28.3 Å². The molecule has 5 heteroatoms. The second-order valence-electron chi connectivity index (χ2n) is 5.40.